The summed E-state index contributed by atoms with van der Waals surface area (Å²) in [6, 6.07) is 13.9. The Bertz CT molecular complexity index is 978. The van der Waals surface area contributed by atoms with Gasteiger partial charge in [-0.1, -0.05) is 23.6 Å². The predicted octanol–water partition coefficient (Wildman–Crippen LogP) is 4.36. The first kappa shape index (κ1) is 19.1. The Morgan fingerprint density at radius 2 is 2.00 bits per heavy atom. The van der Waals surface area contributed by atoms with Crippen molar-refractivity contribution in [3.05, 3.63) is 54.1 Å². The van der Waals surface area contributed by atoms with Crippen LogP contribution in [0, 0.1) is 13.0 Å². The number of aliphatic hydroxyl groups excluding tert-OH is 1. The number of hydrogen-bond acceptors (Lipinski definition) is 3. The molecule has 1 heterocycles. The maximum atomic E-state index is 10.0. The number of carbonyl (C=O) groups is 1. The van der Waals surface area contributed by atoms with Crippen molar-refractivity contribution < 1.29 is 31.0 Å². The number of fused-ring (bicyclic) bond motifs is 3. The van der Waals surface area contributed by atoms with Gasteiger partial charge in [-0.05, 0) is 26.3 Å². The molecule has 5 heteroatoms. The molecule has 2 aromatic carbocycles. The van der Waals surface area contributed by atoms with Gasteiger partial charge >= 0.3 is 0 Å². The van der Waals surface area contributed by atoms with Crippen LogP contribution >= 0.6 is 0 Å². The molecule has 1 aliphatic rings. The van der Waals surface area contributed by atoms with Gasteiger partial charge in [0.2, 0.25) is 0 Å². The van der Waals surface area contributed by atoms with E-state index in [1.165, 1.54) is 42.0 Å². The number of hydrogen-bond donors (Lipinski definition) is 1. The van der Waals surface area contributed by atoms with E-state index in [2.05, 4.69) is 46.9 Å². The summed E-state index contributed by atoms with van der Waals surface area (Å²) in [4.78, 5) is 14.7. The van der Waals surface area contributed by atoms with Crippen molar-refractivity contribution in [3.63, 3.8) is 0 Å². The summed E-state index contributed by atoms with van der Waals surface area (Å²) >= 11 is 0. The monoisotopic (exact) mass is 514 g/mol. The molecule has 0 radical (unpaired) electrons. The maximum Gasteiger partial charge on any atom is 0.155 e. The largest absolute Gasteiger partial charge is 0.512 e. The standard InChI is InChI=1S/C15H11N2.C5H8O2.Pt/c1-9-16-14-11-7-3-5-10-6-4-8-12(13(10)11)15(14)17(9)2;1-4(6)3-5(2)7;/h3-6,8H,1-2H3;3,6H,1-2H3;/q-1;;/b;4-3-;. The van der Waals surface area contributed by atoms with Crippen LogP contribution in [0.4, 0.5) is 0 Å². The van der Waals surface area contributed by atoms with Gasteiger partial charge < -0.3 is 9.67 Å². The second kappa shape index (κ2) is 7.36. The number of carbonyl (C=O) groups excluding carboxylic acids is 1. The van der Waals surface area contributed by atoms with E-state index in [9.17, 15) is 4.79 Å². The Labute approximate surface area is 161 Å². The van der Waals surface area contributed by atoms with Crippen LogP contribution in [-0.4, -0.2) is 20.4 Å². The van der Waals surface area contributed by atoms with Crippen molar-refractivity contribution >= 4 is 16.6 Å². The molecular formula is C20H19N2O2Pt-. The number of ketones is 1. The summed E-state index contributed by atoms with van der Waals surface area (Å²) in [5.41, 5.74) is 4.74. The SMILES string of the molecule is CC(=O)/C=C(/C)O.Cc1nc2c(n1C)-c1cccc3cc[c-]c-2c13.[Pt]. The predicted molar refractivity (Wildman–Crippen MR) is 95.8 cm³/mol. The number of rotatable bonds is 1. The van der Waals surface area contributed by atoms with Crippen LogP contribution in [-0.2, 0) is 32.9 Å². The average Bonchev–Trinajstić information content (AvgIpc) is 2.97. The smallest absolute Gasteiger partial charge is 0.155 e. The van der Waals surface area contributed by atoms with E-state index in [4.69, 9.17) is 5.11 Å². The van der Waals surface area contributed by atoms with Crippen LogP contribution < -0.4 is 0 Å². The van der Waals surface area contributed by atoms with Crippen LogP contribution in [0.15, 0.2) is 42.2 Å². The molecule has 0 fully saturated rings. The van der Waals surface area contributed by atoms with Crippen LogP contribution in [0.5, 0.6) is 0 Å². The second-order valence-corrected chi connectivity index (χ2v) is 5.93. The van der Waals surface area contributed by atoms with Crippen LogP contribution in [0.3, 0.4) is 0 Å². The molecule has 132 valence electrons. The zero-order chi connectivity index (χ0) is 17.4. The number of aromatic nitrogens is 2. The zero-order valence-electron chi connectivity index (χ0n) is 14.5. The molecule has 4 nitrogen and oxygen atoms in total. The van der Waals surface area contributed by atoms with Crippen molar-refractivity contribution in [2.24, 2.45) is 7.05 Å². The van der Waals surface area contributed by atoms with Crippen LogP contribution in [0.2, 0.25) is 0 Å². The van der Waals surface area contributed by atoms with Crippen molar-refractivity contribution in [3.8, 4) is 22.5 Å². The minimum Gasteiger partial charge on any atom is -0.512 e. The maximum absolute atomic E-state index is 10.0. The number of imidazole rings is 1. The first-order chi connectivity index (χ1) is 11.4. The molecule has 1 N–H and O–H groups in total. The van der Waals surface area contributed by atoms with E-state index in [1.807, 2.05) is 13.0 Å². The van der Waals surface area contributed by atoms with Gasteiger partial charge in [-0.2, -0.15) is 0 Å². The second-order valence-electron chi connectivity index (χ2n) is 5.93. The van der Waals surface area contributed by atoms with Gasteiger partial charge in [-0.15, -0.1) is 29.1 Å². The fraction of sp³-hybridized carbons (Fsp3) is 0.200. The van der Waals surface area contributed by atoms with E-state index in [-0.39, 0.29) is 32.6 Å². The van der Waals surface area contributed by atoms with Gasteiger partial charge in [0.05, 0.1) is 11.6 Å². The van der Waals surface area contributed by atoms with E-state index in [0.29, 0.717) is 0 Å². The molecule has 0 amide bonds. The van der Waals surface area contributed by atoms with E-state index in [0.717, 1.165) is 17.1 Å². The Kier molecular flexibility index (Phi) is 5.64. The third-order valence-corrected chi connectivity index (χ3v) is 4.06. The van der Waals surface area contributed by atoms with E-state index < -0.39 is 0 Å². The van der Waals surface area contributed by atoms with E-state index in [1.54, 1.807) is 0 Å². The summed E-state index contributed by atoms with van der Waals surface area (Å²) in [7, 11) is 2.08. The van der Waals surface area contributed by atoms with Gasteiger partial charge in [0.15, 0.2) is 5.78 Å². The normalized spacial score (nSPS) is 11.4. The fourth-order valence-corrected chi connectivity index (χ4v) is 3.05. The van der Waals surface area contributed by atoms with Crippen LogP contribution in [0.25, 0.3) is 33.3 Å². The molecule has 0 spiro atoms. The van der Waals surface area contributed by atoms with Crippen molar-refractivity contribution in [1.82, 2.24) is 9.55 Å². The van der Waals surface area contributed by atoms with Crippen molar-refractivity contribution in [2.75, 3.05) is 0 Å². The molecule has 0 unspecified atom stereocenters. The average molecular weight is 514 g/mol. The summed E-state index contributed by atoms with van der Waals surface area (Å²) in [5.74, 6) is 0.988. The number of aliphatic hydroxyl groups is 1. The number of nitrogens with zero attached hydrogens (tertiary/aromatic N) is 2. The molecule has 0 saturated carbocycles. The summed E-state index contributed by atoms with van der Waals surface area (Å²) in [5, 5.41) is 10.9. The molecule has 4 rings (SSSR count). The molecule has 0 atom stereocenters. The van der Waals surface area contributed by atoms with Crippen molar-refractivity contribution in [1.29, 1.82) is 0 Å². The minimum atomic E-state index is -0.125. The van der Waals surface area contributed by atoms with Gasteiger partial charge in [0.25, 0.3) is 0 Å². The number of aryl methyl sites for hydroxylation is 1. The molecule has 0 saturated heterocycles. The molecule has 25 heavy (non-hydrogen) atoms. The summed E-state index contributed by atoms with van der Waals surface area (Å²) < 4.78 is 2.16. The summed E-state index contributed by atoms with van der Waals surface area (Å²) in [6.45, 7) is 4.89. The Hall–Kier alpha value is -2.19. The zero-order valence-corrected chi connectivity index (χ0v) is 16.8. The molecule has 3 aromatic rings. The topological polar surface area (TPSA) is 55.1 Å². The molecule has 0 bridgehead atoms. The molecule has 0 aliphatic heterocycles. The third-order valence-electron chi connectivity index (χ3n) is 4.06. The minimum absolute atomic E-state index is 0. The van der Waals surface area contributed by atoms with Gasteiger partial charge in [-0.3, -0.25) is 9.78 Å². The summed E-state index contributed by atoms with van der Waals surface area (Å²) in [6.07, 6.45) is 1.17. The Morgan fingerprint density at radius 3 is 2.60 bits per heavy atom. The molecular weight excluding hydrogens is 495 g/mol. The first-order valence-corrected chi connectivity index (χ1v) is 7.75. The molecule has 1 aromatic heterocycles. The van der Waals surface area contributed by atoms with Gasteiger partial charge in [0.1, 0.15) is 0 Å². The molecule has 1 aliphatic carbocycles. The number of benzene rings is 2. The third kappa shape index (κ3) is 3.45. The van der Waals surface area contributed by atoms with Crippen molar-refractivity contribution in [2.45, 2.75) is 20.8 Å². The Morgan fingerprint density at radius 1 is 1.28 bits per heavy atom. The first-order valence-electron chi connectivity index (χ1n) is 7.75. The quantitative estimate of drug-likeness (QED) is 0.233. The fourth-order valence-electron chi connectivity index (χ4n) is 3.05. The van der Waals surface area contributed by atoms with E-state index >= 15 is 0 Å². The van der Waals surface area contributed by atoms with Gasteiger partial charge in [0, 0.05) is 45.6 Å². The number of allylic oxidation sites excluding steroid dienone is 2. The Balaban J connectivity index is 0.000000246. The van der Waals surface area contributed by atoms with Gasteiger partial charge in [-0.25, -0.2) is 0 Å². The van der Waals surface area contributed by atoms with Crippen LogP contribution in [0.1, 0.15) is 19.7 Å².